The lowest BCUT2D eigenvalue weighted by molar-refractivity contribution is -0.105. The van der Waals surface area contributed by atoms with Crippen molar-refractivity contribution >= 4 is 46.3 Å². The summed E-state index contributed by atoms with van der Waals surface area (Å²) in [4.78, 5) is 27.1. The third-order valence-corrected chi connectivity index (χ3v) is 4.88. The van der Waals surface area contributed by atoms with E-state index in [2.05, 4.69) is 20.9 Å². The predicted octanol–water partition coefficient (Wildman–Crippen LogP) is 4.54. The second-order valence-corrected chi connectivity index (χ2v) is 7.16. The molecule has 3 amide bonds. The standard InChI is InChI=1S/C21H19ClN4O4/c1-29-20-10-17-14(9-18(20)24-11-27)19(6-7-23-17)30-13-4-5-16(15(22)8-13)26-21(28)25-12-2-3-12/h4-12H,2-3H2,1H3,(H,24,27)(H2,25,26,28). The number of hydrogen-bond acceptors (Lipinski definition) is 5. The summed E-state index contributed by atoms with van der Waals surface area (Å²) in [6.07, 6.45) is 4.20. The van der Waals surface area contributed by atoms with Gasteiger partial charge in [-0.05, 0) is 37.1 Å². The van der Waals surface area contributed by atoms with Crippen molar-refractivity contribution in [3.05, 3.63) is 47.6 Å². The Morgan fingerprint density at radius 2 is 2.00 bits per heavy atom. The third-order valence-electron chi connectivity index (χ3n) is 4.57. The number of aromatic nitrogens is 1. The van der Waals surface area contributed by atoms with Crippen LogP contribution in [0.2, 0.25) is 5.02 Å². The van der Waals surface area contributed by atoms with Gasteiger partial charge in [-0.2, -0.15) is 0 Å². The summed E-state index contributed by atoms with van der Waals surface area (Å²) in [7, 11) is 1.51. The lowest BCUT2D eigenvalue weighted by atomic mass is 10.1. The number of amides is 3. The molecule has 0 radical (unpaired) electrons. The van der Waals surface area contributed by atoms with Crippen LogP contribution in [0, 0.1) is 0 Å². The van der Waals surface area contributed by atoms with Crippen molar-refractivity contribution in [1.82, 2.24) is 10.3 Å². The molecule has 3 N–H and O–H groups in total. The van der Waals surface area contributed by atoms with Crippen LogP contribution in [0.3, 0.4) is 0 Å². The molecule has 1 heterocycles. The highest BCUT2D eigenvalue weighted by atomic mass is 35.5. The summed E-state index contributed by atoms with van der Waals surface area (Å²) >= 11 is 6.32. The van der Waals surface area contributed by atoms with Crippen molar-refractivity contribution in [1.29, 1.82) is 0 Å². The van der Waals surface area contributed by atoms with Crippen LogP contribution in [0.5, 0.6) is 17.2 Å². The number of fused-ring (bicyclic) bond motifs is 1. The van der Waals surface area contributed by atoms with Gasteiger partial charge >= 0.3 is 6.03 Å². The Bertz CT molecular complexity index is 1120. The molecule has 4 rings (SSSR count). The predicted molar refractivity (Wildman–Crippen MR) is 115 cm³/mol. The van der Waals surface area contributed by atoms with Gasteiger partial charge < -0.3 is 25.4 Å². The molecule has 9 heteroatoms. The van der Waals surface area contributed by atoms with Crippen molar-refractivity contribution < 1.29 is 19.1 Å². The number of anilines is 2. The van der Waals surface area contributed by atoms with Gasteiger partial charge in [0.15, 0.2) is 0 Å². The molecular weight excluding hydrogens is 408 g/mol. The fraction of sp³-hybridized carbons (Fsp3) is 0.190. The molecule has 0 atom stereocenters. The average Bonchev–Trinajstić information content (AvgIpc) is 3.54. The van der Waals surface area contributed by atoms with Crippen LogP contribution in [-0.2, 0) is 4.79 Å². The Morgan fingerprint density at radius 1 is 1.17 bits per heavy atom. The highest BCUT2D eigenvalue weighted by Crippen LogP contribution is 2.36. The number of methoxy groups -OCH3 is 1. The van der Waals surface area contributed by atoms with Crippen molar-refractivity contribution in [3.63, 3.8) is 0 Å². The topological polar surface area (TPSA) is 102 Å². The molecule has 3 aromatic rings. The SMILES string of the molecule is COc1cc2nccc(Oc3ccc(NC(=O)NC4CC4)c(Cl)c3)c2cc1NC=O. The second-order valence-electron chi connectivity index (χ2n) is 6.76. The minimum atomic E-state index is -0.280. The first-order valence-electron chi connectivity index (χ1n) is 9.29. The maximum atomic E-state index is 11.9. The van der Waals surface area contributed by atoms with Gasteiger partial charge in [-0.25, -0.2) is 4.79 Å². The number of halogens is 1. The van der Waals surface area contributed by atoms with Crippen LogP contribution in [0.15, 0.2) is 42.6 Å². The summed E-state index contributed by atoms with van der Waals surface area (Å²) in [5.74, 6) is 1.50. The molecule has 154 valence electrons. The zero-order chi connectivity index (χ0) is 21.1. The Balaban J connectivity index is 1.58. The minimum Gasteiger partial charge on any atom is -0.494 e. The van der Waals surface area contributed by atoms with Crippen LogP contribution in [0.1, 0.15) is 12.8 Å². The van der Waals surface area contributed by atoms with Gasteiger partial charge in [0, 0.05) is 29.8 Å². The highest BCUT2D eigenvalue weighted by molar-refractivity contribution is 6.33. The highest BCUT2D eigenvalue weighted by Gasteiger charge is 2.23. The monoisotopic (exact) mass is 426 g/mol. The maximum absolute atomic E-state index is 11.9. The molecule has 0 unspecified atom stereocenters. The summed E-state index contributed by atoms with van der Waals surface area (Å²) in [5.41, 5.74) is 1.63. The fourth-order valence-electron chi connectivity index (χ4n) is 2.94. The zero-order valence-corrected chi connectivity index (χ0v) is 16.8. The first-order valence-corrected chi connectivity index (χ1v) is 9.67. The summed E-state index contributed by atoms with van der Waals surface area (Å²) < 4.78 is 11.3. The van der Waals surface area contributed by atoms with Crippen molar-refractivity contribution in [2.75, 3.05) is 17.7 Å². The van der Waals surface area contributed by atoms with Gasteiger partial charge in [0.25, 0.3) is 0 Å². The number of nitrogens with zero attached hydrogens (tertiary/aromatic N) is 1. The molecule has 1 fully saturated rings. The first kappa shape index (κ1) is 19.8. The fourth-order valence-corrected chi connectivity index (χ4v) is 3.16. The Hall–Kier alpha value is -3.52. The van der Waals surface area contributed by atoms with E-state index in [4.69, 9.17) is 21.1 Å². The Labute approximate surface area is 177 Å². The van der Waals surface area contributed by atoms with E-state index >= 15 is 0 Å². The number of ether oxygens (including phenoxy) is 2. The smallest absolute Gasteiger partial charge is 0.319 e. The maximum Gasteiger partial charge on any atom is 0.319 e. The molecule has 0 saturated heterocycles. The number of rotatable bonds is 7. The molecule has 2 aromatic carbocycles. The second kappa shape index (κ2) is 8.46. The molecule has 0 spiro atoms. The van der Waals surface area contributed by atoms with Crippen molar-refractivity contribution in [3.8, 4) is 17.2 Å². The number of urea groups is 1. The third kappa shape index (κ3) is 4.38. The molecule has 0 aliphatic heterocycles. The van der Waals surface area contributed by atoms with E-state index in [-0.39, 0.29) is 12.1 Å². The molecule has 0 bridgehead atoms. The molecule has 8 nitrogen and oxygen atoms in total. The van der Waals surface area contributed by atoms with E-state index in [0.717, 1.165) is 12.8 Å². The number of pyridine rings is 1. The molecule has 1 aliphatic rings. The summed E-state index contributed by atoms with van der Waals surface area (Å²) in [5, 5.41) is 9.22. The number of benzene rings is 2. The molecule has 1 saturated carbocycles. The molecular formula is C21H19ClN4O4. The van der Waals surface area contributed by atoms with Gasteiger partial charge in [0.05, 0.1) is 29.0 Å². The minimum absolute atomic E-state index is 0.253. The van der Waals surface area contributed by atoms with E-state index in [9.17, 15) is 9.59 Å². The van der Waals surface area contributed by atoms with Gasteiger partial charge in [-0.15, -0.1) is 0 Å². The van der Waals surface area contributed by atoms with Gasteiger partial charge in [-0.1, -0.05) is 11.6 Å². The van der Waals surface area contributed by atoms with Gasteiger partial charge in [0.2, 0.25) is 6.41 Å². The van der Waals surface area contributed by atoms with E-state index in [0.29, 0.717) is 51.0 Å². The van der Waals surface area contributed by atoms with E-state index in [1.54, 1.807) is 42.6 Å². The lowest BCUT2D eigenvalue weighted by Gasteiger charge is -2.13. The van der Waals surface area contributed by atoms with Crippen LogP contribution >= 0.6 is 11.6 Å². The van der Waals surface area contributed by atoms with Crippen LogP contribution < -0.4 is 25.4 Å². The number of carbonyl (C=O) groups is 2. The Morgan fingerprint density at radius 3 is 2.70 bits per heavy atom. The van der Waals surface area contributed by atoms with Crippen LogP contribution in [0.25, 0.3) is 10.9 Å². The molecule has 1 aromatic heterocycles. The van der Waals surface area contributed by atoms with Gasteiger partial charge in [0.1, 0.15) is 17.2 Å². The van der Waals surface area contributed by atoms with Crippen molar-refractivity contribution in [2.45, 2.75) is 18.9 Å². The Kier molecular flexibility index (Phi) is 5.58. The van der Waals surface area contributed by atoms with E-state index in [1.807, 2.05) is 0 Å². The summed E-state index contributed by atoms with van der Waals surface area (Å²) in [6, 6.07) is 10.1. The van der Waals surface area contributed by atoms with E-state index in [1.165, 1.54) is 7.11 Å². The van der Waals surface area contributed by atoms with E-state index < -0.39 is 0 Å². The summed E-state index contributed by atoms with van der Waals surface area (Å²) in [6.45, 7) is 0. The molecule has 1 aliphatic carbocycles. The molecule has 30 heavy (non-hydrogen) atoms. The number of hydrogen-bond donors (Lipinski definition) is 3. The lowest BCUT2D eigenvalue weighted by Crippen LogP contribution is -2.30. The van der Waals surface area contributed by atoms with Crippen LogP contribution in [0.4, 0.5) is 16.2 Å². The van der Waals surface area contributed by atoms with Gasteiger partial charge in [-0.3, -0.25) is 9.78 Å². The zero-order valence-electron chi connectivity index (χ0n) is 16.1. The number of nitrogens with one attached hydrogen (secondary N) is 3. The first-order chi connectivity index (χ1) is 14.6. The quantitative estimate of drug-likeness (QED) is 0.481. The number of carbonyl (C=O) groups excluding carboxylic acids is 2. The van der Waals surface area contributed by atoms with Crippen LogP contribution in [-0.4, -0.2) is 30.6 Å². The van der Waals surface area contributed by atoms with Crippen molar-refractivity contribution in [2.24, 2.45) is 0 Å². The largest absolute Gasteiger partial charge is 0.494 e. The average molecular weight is 427 g/mol. The normalized spacial score (nSPS) is 12.9.